The van der Waals surface area contributed by atoms with E-state index < -0.39 is 20.8 Å². The van der Waals surface area contributed by atoms with Crippen molar-refractivity contribution in [2.24, 2.45) is 0 Å². The Morgan fingerprint density at radius 1 is 0.700 bits per heavy atom. The third-order valence-electron chi connectivity index (χ3n) is 3.53. The molecule has 0 bridgehead atoms. The van der Waals surface area contributed by atoms with Crippen molar-refractivity contribution in [2.75, 3.05) is 0 Å². The summed E-state index contributed by atoms with van der Waals surface area (Å²) in [6.45, 7) is 9.19. The number of allylic oxidation sites excluding steroid dienone is 4. The molecule has 0 fully saturated rings. The van der Waals surface area contributed by atoms with E-state index in [1.807, 2.05) is 0 Å². The monoisotopic (exact) mass is 393 g/mol. The molecule has 3 heteroatoms. The topological polar surface area (TPSA) is 0 Å². The van der Waals surface area contributed by atoms with Crippen LogP contribution in [0.15, 0.2) is 22.3 Å². The van der Waals surface area contributed by atoms with Gasteiger partial charge in [-0.3, -0.25) is 0 Å². The van der Waals surface area contributed by atoms with Crippen LogP contribution >= 0.6 is 17.0 Å². The molecule has 0 atom stereocenters. The Bertz CT molecular complexity index is 289. The van der Waals surface area contributed by atoms with Crippen molar-refractivity contribution in [1.29, 1.82) is 0 Å². The van der Waals surface area contributed by atoms with E-state index >= 15 is 0 Å². The summed E-state index contributed by atoms with van der Waals surface area (Å²) >= 11 is -0.826. The molecule has 0 saturated carbocycles. The van der Waals surface area contributed by atoms with Gasteiger partial charge < -0.3 is 0 Å². The molecule has 115 valence electrons. The molecule has 0 amide bonds. The van der Waals surface area contributed by atoms with Gasteiger partial charge in [0.05, 0.1) is 0 Å². The summed E-state index contributed by atoms with van der Waals surface area (Å²) in [5.74, 6) is 0. The zero-order valence-electron chi connectivity index (χ0n) is 13.5. The maximum absolute atomic E-state index is 4.93. The Labute approximate surface area is 145 Å². The van der Waals surface area contributed by atoms with Gasteiger partial charge in [0.15, 0.2) is 0 Å². The molecule has 0 N–H and O–H groups in total. The van der Waals surface area contributed by atoms with Crippen molar-refractivity contribution in [3.8, 4) is 0 Å². The van der Waals surface area contributed by atoms with Crippen LogP contribution in [0.3, 0.4) is 0 Å². The fraction of sp³-hybridized carbons (Fsp3) is 0.706. The van der Waals surface area contributed by atoms with Crippen LogP contribution in [-0.4, -0.2) is 0 Å². The molecule has 0 aromatic carbocycles. The molecule has 20 heavy (non-hydrogen) atoms. The summed E-state index contributed by atoms with van der Waals surface area (Å²) in [5.41, 5.74) is 6.72. The first-order valence-corrected chi connectivity index (χ1v) is 14.3. The van der Waals surface area contributed by atoms with Crippen molar-refractivity contribution in [3.05, 3.63) is 28.7 Å². The summed E-state index contributed by atoms with van der Waals surface area (Å²) < 4.78 is 0. The van der Waals surface area contributed by atoms with E-state index in [0.717, 1.165) is 0 Å². The van der Waals surface area contributed by atoms with Gasteiger partial charge in [-0.25, -0.2) is 0 Å². The standard InChI is InChI=1S/C17H29.2ClH.Zr/c1-5-9-14-13-15(10-6-2)17(12-8-4)16(14)11-7-3;;;/h13H,5-12H2,1-4H3;2*1H;/q;;;+2/p-2. The molecule has 0 heterocycles. The normalized spacial score (nSPS) is 14.5. The van der Waals surface area contributed by atoms with Crippen LogP contribution in [0.2, 0.25) is 0 Å². The summed E-state index contributed by atoms with van der Waals surface area (Å²) in [6, 6.07) is 0. The van der Waals surface area contributed by atoms with Crippen molar-refractivity contribution >= 4 is 17.0 Å². The third kappa shape index (κ3) is 7.28. The molecule has 0 aliphatic heterocycles. The van der Waals surface area contributed by atoms with Crippen LogP contribution in [0.25, 0.3) is 0 Å². The van der Waals surface area contributed by atoms with E-state index in [1.54, 1.807) is 22.3 Å². The van der Waals surface area contributed by atoms with Gasteiger partial charge in [-0.2, -0.15) is 0 Å². The van der Waals surface area contributed by atoms with Gasteiger partial charge in [0, 0.05) is 6.42 Å². The first-order valence-electron chi connectivity index (χ1n) is 7.95. The first kappa shape index (κ1) is 20.9. The van der Waals surface area contributed by atoms with Crippen LogP contribution in [-0.2, 0) is 20.8 Å². The van der Waals surface area contributed by atoms with Crippen molar-refractivity contribution < 1.29 is 20.8 Å². The van der Waals surface area contributed by atoms with E-state index in [0.29, 0.717) is 0 Å². The van der Waals surface area contributed by atoms with Gasteiger partial charge in [0.1, 0.15) is 0 Å². The number of halogens is 2. The second-order valence-electron chi connectivity index (χ2n) is 5.22. The van der Waals surface area contributed by atoms with E-state index in [1.165, 1.54) is 51.4 Å². The summed E-state index contributed by atoms with van der Waals surface area (Å²) in [7, 11) is 9.87. The van der Waals surface area contributed by atoms with Crippen LogP contribution in [0.5, 0.6) is 0 Å². The summed E-state index contributed by atoms with van der Waals surface area (Å²) in [4.78, 5) is 0. The van der Waals surface area contributed by atoms with Crippen LogP contribution in [0, 0.1) is 6.42 Å². The van der Waals surface area contributed by atoms with Crippen molar-refractivity contribution in [2.45, 2.75) is 79.1 Å². The minimum atomic E-state index is -0.826. The molecule has 0 nitrogen and oxygen atoms in total. The first-order chi connectivity index (χ1) is 9.69. The zero-order chi connectivity index (χ0) is 15.4. The molecule has 0 aromatic heterocycles. The molecule has 1 rings (SSSR count). The second-order valence-corrected chi connectivity index (χ2v) is 8.96. The number of rotatable bonds is 8. The zero-order valence-corrected chi connectivity index (χ0v) is 17.5. The predicted molar refractivity (Wildman–Crippen MR) is 89.7 cm³/mol. The molecular formula is C17H29Cl2Zr. The van der Waals surface area contributed by atoms with Gasteiger partial charge >= 0.3 is 37.9 Å². The van der Waals surface area contributed by atoms with Gasteiger partial charge in [-0.1, -0.05) is 64.5 Å². The Morgan fingerprint density at radius 3 is 1.25 bits per heavy atom. The number of hydrogen-bond donors (Lipinski definition) is 0. The van der Waals surface area contributed by atoms with Gasteiger partial charge in [-0.05, 0) is 36.8 Å². The average molecular weight is 396 g/mol. The van der Waals surface area contributed by atoms with Crippen molar-refractivity contribution in [1.82, 2.24) is 0 Å². The minimum absolute atomic E-state index is 0.826. The fourth-order valence-corrected chi connectivity index (χ4v) is 2.88. The molecule has 0 spiro atoms. The Hall–Kier alpha value is 0.943. The molecule has 1 aliphatic carbocycles. The molecule has 0 saturated heterocycles. The summed E-state index contributed by atoms with van der Waals surface area (Å²) in [5, 5.41) is 0. The van der Waals surface area contributed by atoms with Gasteiger partial charge in [-0.15, -0.1) is 0 Å². The molecule has 1 aliphatic rings. The summed E-state index contributed by atoms with van der Waals surface area (Å²) in [6.07, 6.45) is 12.7. The fourth-order valence-electron chi connectivity index (χ4n) is 2.88. The van der Waals surface area contributed by atoms with Crippen LogP contribution in [0.1, 0.15) is 79.1 Å². The Kier molecular flexibility index (Phi) is 14.2. The molecule has 0 aromatic rings. The van der Waals surface area contributed by atoms with Crippen LogP contribution < -0.4 is 0 Å². The van der Waals surface area contributed by atoms with Crippen LogP contribution in [0.4, 0.5) is 0 Å². The van der Waals surface area contributed by atoms with E-state index in [-0.39, 0.29) is 0 Å². The predicted octanol–water partition coefficient (Wildman–Crippen LogP) is 7.37. The maximum atomic E-state index is 4.93. The third-order valence-corrected chi connectivity index (χ3v) is 3.53. The van der Waals surface area contributed by atoms with E-state index in [4.69, 9.17) is 17.0 Å². The van der Waals surface area contributed by atoms with E-state index in [2.05, 4.69) is 34.1 Å². The van der Waals surface area contributed by atoms with E-state index in [9.17, 15) is 0 Å². The van der Waals surface area contributed by atoms with Crippen molar-refractivity contribution in [3.63, 3.8) is 0 Å². The molecule has 1 radical (unpaired) electrons. The quantitative estimate of drug-likeness (QED) is 0.402. The molecule has 0 unspecified atom stereocenters. The van der Waals surface area contributed by atoms with Gasteiger partial charge in [0.25, 0.3) is 0 Å². The Morgan fingerprint density at radius 2 is 1.00 bits per heavy atom. The second kappa shape index (κ2) is 13.6. The molecular weight excluding hydrogens is 366 g/mol. The SMILES string of the molecule is CCCC1=C(CCC)C(CCC)=C(CCC)[CH]1.[Cl][Zr][Cl]. The average Bonchev–Trinajstić information content (AvgIpc) is 2.71. The number of hydrogen-bond acceptors (Lipinski definition) is 0. The Balaban J connectivity index is 0.00000110. The van der Waals surface area contributed by atoms with Gasteiger partial charge in [0.2, 0.25) is 0 Å².